The second-order valence-electron chi connectivity index (χ2n) is 7.08. The molecule has 31 heavy (non-hydrogen) atoms. The Morgan fingerprint density at radius 1 is 0.968 bits per heavy atom. The van der Waals surface area contributed by atoms with Gasteiger partial charge >= 0.3 is 0 Å². The number of carbonyl (C=O) groups excluding carboxylic acids is 1. The van der Waals surface area contributed by atoms with Crippen LogP contribution in [0, 0.1) is 13.0 Å². The van der Waals surface area contributed by atoms with Crippen LogP contribution in [0.4, 0.5) is 0 Å². The Kier molecular flexibility index (Phi) is 8.90. The number of fused-ring (bicyclic) bond motifs is 1. The van der Waals surface area contributed by atoms with E-state index < -0.39 is 0 Å². The van der Waals surface area contributed by atoms with Gasteiger partial charge in [0.2, 0.25) is 0 Å². The molecule has 4 heteroatoms. The molecule has 3 nitrogen and oxygen atoms in total. The molecule has 0 aliphatic carbocycles. The molecule has 1 heterocycles. The van der Waals surface area contributed by atoms with Gasteiger partial charge < -0.3 is 10.1 Å². The zero-order chi connectivity index (χ0) is 21.5. The van der Waals surface area contributed by atoms with Crippen molar-refractivity contribution in [1.82, 2.24) is 4.98 Å². The first-order chi connectivity index (χ1) is 14.5. The third-order valence-electron chi connectivity index (χ3n) is 4.59. The summed E-state index contributed by atoms with van der Waals surface area (Å²) in [6.45, 7) is 5.00. The van der Waals surface area contributed by atoms with Crippen molar-refractivity contribution in [3.63, 3.8) is 0 Å². The summed E-state index contributed by atoms with van der Waals surface area (Å²) in [6, 6.07) is 28.5. The number of carbonyl (C=O) groups is 1. The van der Waals surface area contributed by atoms with E-state index in [9.17, 15) is 4.79 Å². The Bertz CT molecular complexity index is 1190. The average Bonchev–Trinajstić information content (AvgIpc) is 2.73. The Labute approximate surface area is 197 Å². The minimum absolute atomic E-state index is 0. The second kappa shape index (κ2) is 11.4. The van der Waals surface area contributed by atoms with Crippen LogP contribution in [-0.2, 0) is 25.9 Å². The number of hydrogen-bond acceptors (Lipinski definition) is 3. The number of aryl methyl sites for hydroxylation is 1. The molecule has 4 aromatic rings. The number of nitrogens with zero attached hydrogens (tertiary/aromatic N) is 1. The van der Waals surface area contributed by atoms with Gasteiger partial charge in [-0.25, -0.2) is 0 Å². The number of pyridine rings is 1. The van der Waals surface area contributed by atoms with Gasteiger partial charge in [-0.1, -0.05) is 72.6 Å². The summed E-state index contributed by atoms with van der Waals surface area (Å²) < 4.78 is 0. The van der Waals surface area contributed by atoms with E-state index in [1.165, 1.54) is 47.4 Å². The van der Waals surface area contributed by atoms with Crippen molar-refractivity contribution in [1.29, 1.82) is 0 Å². The van der Waals surface area contributed by atoms with Crippen LogP contribution in [0.25, 0.3) is 33.2 Å². The normalized spacial score (nSPS) is 10.6. The predicted octanol–water partition coefficient (Wildman–Crippen LogP) is 6.71. The molecule has 0 aliphatic rings. The summed E-state index contributed by atoms with van der Waals surface area (Å²) in [5.41, 5.74) is 5.71. The zero-order valence-electron chi connectivity index (χ0n) is 17.7. The van der Waals surface area contributed by atoms with Crippen LogP contribution in [-0.4, -0.2) is 15.9 Å². The summed E-state index contributed by atoms with van der Waals surface area (Å²) in [7, 11) is 0. The van der Waals surface area contributed by atoms with Crippen LogP contribution >= 0.6 is 0 Å². The fraction of sp³-hybridized carbons (Fsp3) is 0.111. The SMILES string of the molecule is CC(=O)/C=C(/C)O.Cc1cc(-c2ccccn2)[c-]cc1-c1cccc2ccccc12.[Pt]. The maximum Gasteiger partial charge on any atom is 0.155 e. The number of aromatic nitrogens is 1. The van der Waals surface area contributed by atoms with E-state index in [0.717, 1.165) is 11.3 Å². The van der Waals surface area contributed by atoms with Gasteiger partial charge in [0.05, 0.1) is 5.76 Å². The van der Waals surface area contributed by atoms with Crippen LogP contribution in [0.5, 0.6) is 0 Å². The van der Waals surface area contributed by atoms with Crippen molar-refractivity contribution in [2.75, 3.05) is 0 Å². The molecule has 0 saturated heterocycles. The number of rotatable bonds is 3. The fourth-order valence-corrected chi connectivity index (χ4v) is 3.31. The topological polar surface area (TPSA) is 50.2 Å². The number of benzene rings is 3. The van der Waals surface area contributed by atoms with Crippen LogP contribution < -0.4 is 0 Å². The molecular weight excluding hydrogens is 565 g/mol. The second-order valence-corrected chi connectivity index (χ2v) is 7.08. The van der Waals surface area contributed by atoms with E-state index in [1.807, 2.05) is 24.4 Å². The van der Waals surface area contributed by atoms with E-state index in [1.54, 1.807) is 0 Å². The first-order valence-corrected chi connectivity index (χ1v) is 9.75. The number of hydrogen-bond donors (Lipinski definition) is 1. The molecule has 0 bridgehead atoms. The third-order valence-corrected chi connectivity index (χ3v) is 4.59. The van der Waals surface area contributed by atoms with Gasteiger partial charge in [0.25, 0.3) is 0 Å². The Morgan fingerprint density at radius 3 is 2.29 bits per heavy atom. The van der Waals surface area contributed by atoms with Crippen molar-refractivity contribution >= 4 is 16.6 Å². The quantitative estimate of drug-likeness (QED) is 0.164. The maximum absolute atomic E-state index is 10.0. The monoisotopic (exact) mass is 589 g/mol. The zero-order valence-corrected chi connectivity index (χ0v) is 20.0. The molecule has 0 saturated carbocycles. The molecule has 1 N–H and O–H groups in total. The fourth-order valence-electron chi connectivity index (χ4n) is 3.31. The first kappa shape index (κ1) is 24.2. The Balaban J connectivity index is 0.000000373. The van der Waals surface area contributed by atoms with E-state index in [0.29, 0.717) is 0 Å². The average molecular weight is 590 g/mol. The molecule has 4 rings (SSSR count). The van der Waals surface area contributed by atoms with E-state index in [4.69, 9.17) is 5.11 Å². The van der Waals surface area contributed by atoms with Gasteiger partial charge in [-0.2, -0.15) is 0 Å². The van der Waals surface area contributed by atoms with E-state index >= 15 is 0 Å². The van der Waals surface area contributed by atoms with Gasteiger partial charge in [0.15, 0.2) is 5.78 Å². The molecule has 3 aromatic carbocycles. The predicted molar refractivity (Wildman–Crippen MR) is 123 cm³/mol. The third kappa shape index (κ3) is 6.47. The van der Waals surface area contributed by atoms with Crippen molar-refractivity contribution in [3.8, 4) is 22.4 Å². The summed E-state index contributed by atoms with van der Waals surface area (Å²) >= 11 is 0. The minimum atomic E-state index is -0.125. The van der Waals surface area contributed by atoms with Crippen molar-refractivity contribution in [2.24, 2.45) is 0 Å². The molecule has 160 valence electrons. The van der Waals surface area contributed by atoms with Crippen LogP contribution in [0.15, 0.2) is 90.8 Å². The molecule has 1 aromatic heterocycles. The van der Waals surface area contributed by atoms with Crippen molar-refractivity contribution in [2.45, 2.75) is 20.8 Å². The van der Waals surface area contributed by atoms with Gasteiger partial charge in [0, 0.05) is 33.3 Å². The summed E-state index contributed by atoms with van der Waals surface area (Å²) in [4.78, 5) is 14.4. The molecule has 0 spiro atoms. The molecule has 0 aliphatic heterocycles. The van der Waals surface area contributed by atoms with Gasteiger partial charge in [-0.05, 0) is 36.4 Å². The first-order valence-electron chi connectivity index (χ1n) is 9.75. The molecule has 0 amide bonds. The van der Waals surface area contributed by atoms with Gasteiger partial charge in [0.1, 0.15) is 0 Å². The van der Waals surface area contributed by atoms with Crippen LogP contribution in [0.1, 0.15) is 19.4 Å². The molecule has 0 fully saturated rings. The maximum atomic E-state index is 10.0. The minimum Gasteiger partial charge on any atom is -0.512 e. The van der Waals surface area contributed by atoms with Crippen LogP contribution in [0.3, 0.4) is 0 Å². The van der Waals surface area contributed by atoms with Crippen molar-refractivity contribution in [3.05, 3.63) is 102 Å². The summed E-state index contributed by atoms with van der Waals surface area (Å²) in [5, 5.41) is 10.9. The largest absolute Gasteiger partial charge is 0.512 e. The Morgan fingerprint density at radius 2 is 1.68 bits per heavy atom. The van der Waals surface area contributed by atoms with E-state index in [-0.39, 0.29) is 32.6 Å². The molecule has 0 unspecified atom stereocenters. The van der Waals surface area contributed by atoms with Crippen molar-refractivity contribution < 1.29 is 31.0 Å². The van der Waals surface area contributed by atoms with E-state index in [2.05, 4.69) is 72.6 Å². The van der Waals surface area contributed by atoms with Gasteiger partial charge in [-0.15, -0.1) is 29.3 Å². The number of ketones is 1. The number of aliphatic hydroxyl groups excluding tert-OH is 1. The summed E-state index contributed by atoms with van der Waals surface area (Å²) in [6.07, 6.45) is 2.98. The standard InChI is InChI=1S/C22H16N.C5H8O2.Pt/c1-16-15-18(22-11-4-5-14-23-22)12-13-19(16)21-10-6-8-17-7-2-3-9-20(17)21;1-4(6)3-5(2)7;/h2-11,13-15H,1H3;3,6H,1-2H3;/q-1;;/b;4-3-;. The van der Waals surface area contributed by atoms with Crippen LogP contribution in [0.2, 0.25) is 0 Å². The molecule has 0 atom stereocenters. The molecular formula is C27H24NO2Pt-. The number of allylic oxidation sites excluding steroid dienone is 2. The van der Waals surface area contributed by atoms with Gasteiger partial charge in [-0.3, -0.25) is 4.79 Å². The Hall–Kier alpha value is -3.03. The summed E-state index contributed by atoms with van der Waals surface area (Å²) in [5.74, 6) is -0.0625. The molecule has 0 radical (unpaired) electrons. The number of aliphatic hydroxyl groups is 1. The smallest absolute Gasteiger partial charge is 0.155 e.